The summed E-state index contributed by atoms with van der Waals surface area (Å²) in [5.41, 5.74) is 3.75. The van der Waals surface area contributed by atoms with Gasteiger partial charge in [-0.1, -0.05) is 36.2 Å². The molecular formula is C22H24ClN2O. The van der Waals surface area contributed by atoms with Crippen molar-refractivity contribution in [2.75, 3.05) is 16.3 Å². The smallest absolute Gasteiger partial charge is 0.233 e. The number of hydrogen-bond acceptors (Lipinski definition) is 2. The van der Waals surface area contributed by atoms with Gasteiger partial charge in [-0.25, -0.2) is 0 Å². The van der Waals surface area contributed by atoms with E-state index in [0.717, 1.165) is 30.6 Å². The average molecular weight is 368 g/mol. The van der Waals surface area contributed by atoms with Gasteiger partial charge in [0.05, 0.1) is 6.42 Å². The summed E-state index contributed by atoms with van der Waals surface area (Å²) in [6.45, 7) is 7.46. The molecule has 4 rings (SSSR count). The average Bonchev–Trinajstić information content (AvgIpc) is 2.91. The Labute approximate surface area is 160 Å². The van der Waals surface area contributed by atoms with E-state index in [1.165, 1.54) is 24.1 Å². The number of fused-ring (bicyclic) bond motifs is 2. The third kappa shape index (κ3) is 2.88. The number of halogens is 1. The van der Waals surface area contributed by atoms with Crippen molar-refractivity contribution in [3.8, 4) is 0 Å². The van der Waals surface area contributed by atoms with Crippen molar-refractivity contribution < 1.29 is 4.79 Å². The highest BCUT2D eigenvalue weighted by Crippen LogP contribution is 2.40. The predicted molar refractivity (Wildman–Crippen MR) is 108 cm³/mol. The number of carbonyl (C=O) groups excluding carboxylic acids is 1. The molecule has 2 aromatic rings. The van der Waals surface area contributed by atoms with Crippen molar-refractivity contribution in [2.24, 2.45) is 0 Å². The molecule has 1 radical (unpaired) electrons. The monoisotopic (exact) mass is 367 g/mol. The van der Waals surface area contributed by atoms with Crippen LogP contribution in [-0.2, 0) is 17.6 Å². The predicted octanol–water partition coefficient (Wildman–Crippen LogP) is 5.01. The fourth-order valence-electron chi connectivity index (χ4n) is 4.31. The van der Waals surface area contributed by atoms with Crippen LogP contribution in [0.4, 0.5) is 11.4 Å². The molecule has 0 fully saturated rings. The minimum absolute atomic E-state index is 0.0827. The normalized spacial score (nSPS) is 17.6. The van der Waals surface area contributed by atoms with Gasteiger partial charge in [0.15, 0.2) is 0 Å². The summed E-state index contributed by atoms with van der Waals surface area (Å²) >= 11 is 6.13. The molecule has 0 N–H and O–H groups in total. The van der Waals surface area contributed by atoms with E-state index in [4.69, 9.17) is 11.6 Å². The minimum Gasteiger partial charge on any atom is -0.348 e. The highest BCUT2D eigenvalue weighted by atomic mass is 35.5. The number of nitrogens with zero attached hydrogens (tertiary/aromatic N) is 2. The molecule has 0 saturated carbocycles. The molecule has 135 valence electrons. The zero-order chi connectivity index (χ0) is 18.3. The van der Waals surface area contributed by atoms with E-state index in [2.05, 4.69) is 36.1 Å². The van der Waals surface area contributed by atoms with Crippen LogP contribution in [0.25, 0.3) is 0 Å². The number of amides is 1. The number of benzene rings is 2. The van der Waals surface area contributed by atoms with Crippen molar-refractivity contribution in [1.29, 1.82) is 0 Å². The molecule has 1 amide bonds. The first-order chi connectivity index (χ1) is 12.5. The van der Waals surface area contributed by atoms with Crippen molar-refractivity contribution >= 4 is 28.9 Å². The first-order valence-electron chi connectivity index (χ1n) is 9.31. The molecule has 1 atom stereocenters. The zero-order valence-electron chi connectivity index (χ0n) is 15.2. The molecule has 3 nitrogen and oxygen atoms in total. The Hall–Kier alpha value is -2.00. The van der Waals surface area contributed by atoms with Gasteiger partial charge >= 0.3 is 0 Å². The minimum atomic E-state index is -0.691. The zero-order valence-corrected chi connectivity index (χ0v) is 15.9. The SMILES string of the molecule is [CH2]C(C)(N1CCCCCc2ccccc21)N1C(=O)Cc2cc(Cl)ccc21. The van der Waals surface area contributed by atoms with Crippen molar-refractivity contribution in [3.05, 3.63) is 65.5 Å². The van der Waals surface area contributed by atoms with E-state index in [0.29, 0.717) is 11.4 Å². The summed E-state index contributed by atoms with van der Waals surface area (Å²) in [4.78, 5) is 17.1. The summed E-state index contributed by atoms with van der Waals surface area (Å²) < 4.78 is 0. The molecule has 0 aliphatic carbocycles. The van der Waals surface area contributed by atoms with E-state index in [1.54, 1.807) is 0 Å². The third-order valence-corrected chi connectivity index (χ3v) is 5.78. The number of carbonyl (C=O) groups is 1. The Bertz CT molecular complexity index is 846. The fraction of sp³-hybridized carbons (Fsp3) is 0.364. The number of rotatable bonds is 2. The molecule has 0 aromatic heterocycles. The lowest BCUT2D eigenvalue weighted by Gasteiger charge is -2.47. The molecule has 2 heterocycles. The van der Waals surface area contributed by atoms with Gasteiger partial charge in [0.2, 0.25) is 5.91 Å². The van der Waals surface area contributed by atoms with Gasteiger partial charge in [0.25, 0.3) is 0 Å². The molecule has 4 heteroatoms. The van der Waals surface area contributed by atoms with Crippen LogP contribution < -0.4 is 9.80 Å². The lowest BCUT2D eigenvalue weighted by molar-refractivity contribution is -0.118. The van der Waals surface area contributed by atoms with E-state index in [1.807, 2.05) is 30.0 Å². The topological polar surface area (TPSA) is 23.6 Å². The summed E-state index contributed by atoms with van der Waals surface area (Å²) in [6.07, 6.45) is 4.97. The molecular weight excluding hydrogens is 344 g/mol. The van der Waals surface area contributed by atoms with Crippen LogP contribution in [0.2, 0.25) is 5.02 Å². The van der Waals surface area contributed by atoms with Crippen molar-refractivity contribution in [3.63, 3.8) is 0 Å². The largest absolute Gasteiger partial charge is 0.348 e. The fourth-order valence-corrected chi connectivity index (χ4v) is 4.50. The van der Waals surface area contributed by atoms with Crippen LogP contribution in [0, 0.1) is 6.92 Å². The molecule has 2 aliphatic rings. The Morgan fingerprint density at radius 1 is 1.04 bits per heavy atom. The van der Waals surface area contributed by atoms with Crippen LogP contribution >= 0.6 is 11.6 Å². The highest BCUT2D eigenvalue weighted by Gasteiger charge is 2.42. The van der Waals surface area contributed by atoms with Crippen LogP contribution in [-0.4, -0.2) is 18.1 Å². The summed E-state index contributed by atoms with van der Waals surface area (Å²) in [5, 5.41) is 0.667. The number of anilines is 2. The van der Waals surface area contributed by atoms with Crippen LogP contribution in [0.15, 0.2) is 42.5 Å². The lowest BCUT2D eigenvalue weighted by atomic mass is 9.98. The van der Waals surface area contributed by atoms with Gasteiger partial charge in [0.1, 0.15) is 5.66 Å². The Morgan fingerprint density at radius 3 is 2.69 bits per heavy atom. The first-order valence-corrected chi connectivity index (χ1v) is 9.68. The van der Waals surface area contributed by atoms with Crippen LogP contribution in [0.1, 0.15) is 37.3 Å². The van der Waals surface area contributed by atoms with E-state index in [-0.39, 0.29) is 5.91 Å². The van der Waals surface area contributed by atoms with Crippen molar-refractivity contribution in [1.82, 2.24) is 0 Å². The lowest BCUT2D eigenvalue weighted by Crippen LogP contribution is -2.59. The number of aryl methyl sites for hydroxylation is 1. The van der Waals surface area contributed by atoms with Gasteiger partial charge in [-0.2, -0.15) is 0 Å². The van der Waals surface area contributed by atoms with Gasteiger partial charge in [-0.15, -0.1) is 0 Å². The second-order valence-electron chi connectivity index (χ2n) is 7.49. The molecule has 0 saturated heterocycles. The quantitative estimate of drug-likeness (QED) is 0.744. The second-order valence-corrected chi connectivity index (χ2v) is 7.92. The number of para-hydroxylation sites is 1. The van der Waals surface area contributed by atoms with Gasteiger partial charge in [-0.05, 0) is 68.5 Å². The maximum atomic E-state index is 12.9. The highest BCUT2D eigenvalue weighted by molar-refractivity contribution is 6.31. The molecule has 2 aliphatic heterocycles. The summed E-state index contributed by atoms with van der Waals surface area (Å²) in [6, 6.07) is 14.2. The van der Waals surface area contributed by atoms with Crippen LogP contribution in [0.5, 0.6) is 0 Å². The maximum absolute atomic E-state index is 12.9. The standard InChI is InChI=1S/C22H24ClN2O/c1-22(2,25-20-12-11-18(23)14-17(20)15-21(25)26)24-13-7-3-4-8-16-9-5-6-10-19(16)24/h5-6,9-12,14H,1,3-4,7-8,13,15H2,2H3. The Morgan fingerprint density at radius 2 is 1.85 bits per heavy atom. The Kier molecular flexibility index (Phi) is 4.44. The maximum Gasteiger partial charge on any atom is 0.233 e. The summed E-state index contributed by atoms with van der Waals surface area (Å²) in [7, 11) is 0. The summed E-state index contributed by atoms with van der Waals surface area (Å²) in [5.74, 6) is 0.0827. The van der Waals surface area contributed by atoms with E-state index >= 15 is 0 Å². The number of hydrogen-bond donors (Lipinski definition) is 0. The molecule has 26 heavy (non-hydrogen) atoms. The van der Waals surface area contributed by atoms with Crippen molar-refractivity contribution in [2.45, 2.75) is 44.7 Å². The van der Waals surface area contributed by atoms with E-state index in [9.17, 15) is 4.79 Å². The molecule has 0 bridgehead atoms. The van der Waals surface area contributed by atoms with E-state index < -0.39 is 5.66 Å². The van der Waals surface area contributed by atoms with Gasteiger partial charge < -0.3 is 4.90 Å². The second kappa shape index (κ2) is 6.62. The van der Waals surface area contributed by atoms with Gasteiger partial charge in [0, 0.05) is 22.9 Å². The Balaban J connectivity index is 1.79. The molecule has 2 aromatic carbocycles. The van der Waals surface area contributed by atoms with Crippen LogP contribution in [0.3, 0.4) is 0 Å². The van der Waals surface area contributed by atoms with Gasteiger partial charge in [-0.3, -0.25) is 9.69 Å². The molecule has 0 spiro atoms. The first kappa shape index (κ1) is 17.4. The third-order valence-electron chi connectivity index (χ3n) is 5.55. The molecule has 1 unspecified atom stereocenters.